The molecule has 0 spiro atoms. The van der Waals surface area contributed by atoms with Crippen LogP contribution in [0.4, 0.5) is 11.4 Å². The number of hydrogen-bond acceptors (Lipinski definition) is 4. The number of aryl methyl sites for hydroxylation is 1. The van der Waals surface area contributed by atoms with Crippen LogP contribution in [0.1, 0.15) is 20.8 Å². The predicted octanol–water partition coefficient (Wildman–Crippen LogP) is 3.88. The van der Waals surface area contributed by atoms with E-state index >= 15 is 0 Å². The summed E-state index contributed by atoms with van der Waals surface area (Å²) in [4.78, 5) is 12.7. The minimum Gasteiger partial charge on any atom is -0.386 e. The molecule has 102 valence electrons. The Morgan fingerprint density at radius 1 is 1.40 bits per heavy atom. The molecule has 0 saturated carbocycles. The van der Waals surface area contributed by atoms with Crippen LogP contribution in [0.25, 0.3) is 0 Å². The molecule has 0 aliphatic rings. The summed E-state index contributed by atoms with van der Waals surface area (Å²) in [7, 11) is 1.75. The number of carbonyl (C=O) groups excluding carboxylic acids is 1. The summed E-state index contributed by atoms with van der Waals surface area (Å²) in [6.07, 6.45) is 0. The van der Waals surface area contributed by atoms with E-state index < -0.39 is 0 Å². The van der Waals surface area contributed by atoms with Crippen molar-refractivity contribution in [2.24, 2.45) is 0 Å². The van der Waals surface area contributed by atoms with Crippen LogP contribution in [-0.2, 0) is 0 Å². The highest BCUT2D eigenvalue weighted by Gasteiger charge is 2.16. The van der Waals surface area contributed by atoms with E-state index in [9.17, 15) is 4.79 Å². The second-order valence-electron chi connectivity index (χ2n) is 4.14. The maximum atomic E-state index is 12.2. The molecule has 1 aromatic heterocycles. The van der Waals surface area contributed by atoms with E-state index in [1.165, 1.54) is 11.3 Å². The lowest BCUT2D eigenvalue weighted by atomic mass is 10.2. The molecule has 0 saturated heterocycles. The average molecular weight is 306 g/mol. The average Bonchev–Trinajstić information content (AvgIpc) is 2.79. The standard InChI is InChI=1S/C14H12ClN3OS/c1-8-7-20-13(12(8)15)14(19)18-11-5-9(6-16)3-4-10(11)17-2/h3-5,7,17H,1-2H3,(H,18,19). The number of nitrogens with zero attached hydrogens (tertiary/aromatic N) is 1. The topological polar surface area (TPSA) is 64.9 Å². The van der Waals surface area contributed by atoms with Gasteiger partial charge in [0.1, 0.15) is 4.88 Å². The van der Waals surface area contributed by atoms with Crippen molar-refractivity contribution in [2.45, 2.75) is 6.92 Å². The van der Waals surface area contributed by atoms with Crippen molar-refractivity contribution < 1.29 is 4.79 Å². The number of nitriles is 1. The molecule has 0 bridgehead atoms. The van der Waals surface area contributed by atoms with Crippen molar-refractivity contribution >= 4 is 40.2 Å². The summed E-state index contributed by atoms with van der Waals surface area (Å²) in [5, 5.41) is 17.0. The van der Waals surface area contributed by atoms with Gasteiger partial charge in [-0.1, -0.05) is 11.6 Å². The van der Waals surface area contributed by atoms with E-state index in [4.69, 9.17) is 16.9 Å². The zero-order chi connectivity index (χ0) is 14.7. The molecule has 2 rings (SSSR count). The first-order chi connectivity index (χ1) is 9.56. The number of carbonyl (C=O) groups is 1. The van der Waals surface area contributed by atoms with Crippen LogP contribution in [-0.4, -0.2) is 13.0 Å². The van der Waals surface area contributed by atoms with Crippen molar-refractivity contribution in [3.05, 3.63) is 44.6 Å². The van der Waals surface area contributed by atoms with Crippen molar-refractivity contribution in [3.8, 4) is 6.07 Å². The summed E-state index contributed by atoms with van der Waals surface area (Å²) in [5.74, 6) is -0.278. The first-order valence-electron chi connectivity index (χ1n) is 5.83. The number of benzene rings is 1. The third kappa shape index (κ3) is 2.77. The van der Waals surface area contributed by atoms with Crippen LogP contribution in [0.3, 0.4) is 0 Å². The van der Waals surface area contributed by atoms with Gasteiger partial charge in [-0.3, -0.25) is 4.79 Å². The molecule has 0 aliphatic heterocycles. The Balaban J connectivity index is 2.32. The molecule has 1 aromatic carbocycles. The van der Waals surface area contributed by atoms with Crippen molar-refractivity contribution in [3.63, 3.8) is 0 Å². The molecule has 0 unspecified atom stereocenters. The van der Waals surface area contributed by atoms with Crippen LogP contribution in [0.2, 0.25) is 5.02 Å². The lowest BCUT2D eigenvalue weighted by Gasteiger charge is -2.10. The van der Waals surface area contributed by atoms with Gasteiger partial charge in [-0.2, -0.15) is 5.26 Å². The van der Waals surface area contributed by atoms with Crippen molar-refractivity contribution in [2.75, 3.05) is 17.7 Å². The number of rotatable bonds is 3. The van der Waals surface area contributed by atoms with E-state index in [-0.39, 0.29) is 5.91 Å². The number of nitrogens with one attached hydrogen (secondary N) is 2. The van der Waals surface area contributed by atoms with E-state index in [1.54, 1.807) is 25.2 Å². The second kappa shape index (κ2) is 5.95. The SMILES string of the molecule is CNc1ccc(C#N)cc1NC(=O)c1scc(C)c1Cl. The summed E-state index contributed by atoms with van der Waals surface area (Å²) in [6, 6.07) is 7.10. The Morgan fingerprint density at radius 3 is 2.70 bits per heavy atom. The molecule has 0 aliphatic carbocycles. The third-order valence-corrected chi connectivity index (χ3v) is 4.47. The molecule has 0 atom stereocenters. The zero-order valence-corrected chi connectivity index (χ0v) is 12.5. The third-order valence-electron chi connectivity index (χ3n) is 2.77. The van der Waals surface area contributed by atoms with Gasteiger partial charge in [0.25, 0.3) is 5.91 Å². The van der Waals surface area contributed by atoms with E-state index in [2.05, 4.69) is 10.6 Å². The van der Waals surface area contributed by atoms with Crippen LogP contribution < -0.4 is 10.6 Å². The highest BCUT2D eigenvalue weighted by molar-refractivity contribution is 7.13. The van der Waals surface area contributed by atoms with Crippen LogP contribution in [0, 0.1) is 18.3 Å². The van der Waals surface area contributed by atoms with Gasteiger partial charge >= 0.3 is 0 Å². The lowest BCUT2D eigenvalue weighted by molar-refractivity contribution is 0.103. The number of halogens is 1. The molecular weight excluding hydrogens is 294 g/mol. The number of thiophene rings is 1. The molecule has 1 heterocycles. The lowest BCUT2D eigenvalue weighted by Crippen LogP contribution is -2.12. The van der Waals surface area contributed by atoms with Gasteiger partial charge in [-0.05, 0) is 36.1 Å². The Hall–Kier alpha value is -2.03. The van der Waals surface area contributed by atoms with Crippen LogP contribution in [0.5, 0.6) is 0 Å². The van der Waals surface area contributed by atoms with Gasteiger partial charge in [-0.15, -0.1) is 11.3 Å². The summed E-state index contributed by atoms with van der Waals surface area (Å²) < 4.78 is 0. The second-order valence-corrected chi connectivity index (χ2v) is 5.40. The van der Waals surface area contributed by atoms with Crippen LogP contribution >= 0.6 is 22.9 Å². The molecule has 0 fully saturated rings. The summed E-state index contributed by atoms with van der Waals surface area (Å²) in [5.41, 5.74) is 2.65. The summed E-state index contributed by atoms with van der Waals surface area (Å²) in [6.45, 7) is 1.85. The Bertz CT molecular complexity index is 703. The van der Waals surface area contributed by atoms with Crippen molar-refractivity contribution in [1.82, 2.24) is 0 Å². The fourth-order valence-corrected chi connectivity index (χ4v) is 2.87. The smallest absolute Gasteiger partial charge is 0.267 e. The molecule has 2 N–H and O–H groups in total. The van der Waals surface area contributed by atoms with E-state index in [0.29, 0.717) is 21.2 Å². The molecule has 6 heteroatoms. The largest absolute Gasteiger partial charge is 0.386 e. The van der Waals surface area contributed by atoms with Gasteiger partial charge in [-0.25, -0.2) is 0 Å². The molecule has 0 radical (unpaired) electrons. The first kappa shape index (κ1) is 14.4. The Kier molecular flexibility index (Phi) is 4.28. The van der Waals surface area contributed by atoms with E-state index in [0.717, 1.165) is 11.3 Å². The number of amides is 1. The van der Waals surface area contributed by atoms with Gasteiger partial charge in [0.15, 0.2) is 0 Å². The zero-order valence-electron chi connectivity index (χ0n) is 11.0. The molecule has 4 nitrogen and oxygen atoms in total. The molecule has 2 aromatic rings. The fourth-order valence-electron chi connectivity index (χ4n) is 1.70. The molecular formula is C14H12ClN3OS. The Morgan fingerprint density at radius 2 is 2.15 bits per heavy atom. The highest BCUT2D eigenvalue weighted by Crippen LogP contribution is 2.29. The number of hydrogen-bond donors (Lipinski definition) is 2. The van der Waals surface area contributed by atoms with Gasteiger partial charge < -0.3 is 10.6 Å². The summed E-state index contributed by atoms with van der Waals surface area (Å²) >= 11 is 7.38. The maximum Gasteiger partial charge on any atom is 0.267 e. The predicted molar refractivity (Wildman–Crippen MR) is 82.7 cm³/mol. The van der Waals surface area contributed by atoms with Gasteiger partial charge in [0.05, 0.1) is 28.0 Å². The van der Waals surface area contributed by atoms with Gasteiger partial charge in [0, 0.05) is 7.05 Å². The van der Waals surface area contributed by atoms with Gasteiger partial charge in [0.2, 0.25) is 0 Å². The minimum atomic E-state index is -0.278. The monoisotopic (exact) mass is 305 g/mol. The molecule has 20 heavy (non-hydrogen) atoms. The van der Waals surface area contributed by atoms with Crippen LogP contribution in [0.15, 0.2) is 23.6 Å². The normalized spacial score (nSPS) is 9.90. The highest BCUT2D eigenvalue weighted by atomic mass is 35.5. The fraction of sp³-hybridized carbons (Fsp3) is 0.143. The van der Waals surface area contributed by atoms with E-state index in [1.807, 2.05) is 18.4 Å². The van der Waals surface area contributed by atoms with Crippen molar-refractivity contribution in [1.29, 1.82) is 5.26 Å². The first-order valence-corrected chi connectivity index (χ1v) is 7.09. The quantitative estimate of drug-likeness (QED) is 0.904. The molecule has 1 amide bonds. The minimum absolute atomic E-state index is 0.278. The maximum absolute atomic E-state index is 12.2. The Labute approximate surface area is 126 Å². The number of anilines is 2.